The van der Waals surface area contributed by atoms with Crippen LogP contribution in [0.3, 0.4) is 0 Å². The SMILES string of the molecule is Cc1ccc(S(=O)(=O)Nc2cc(N)ccc2Br)c(C)c1. The highest BCUT2D eigenvalue weighted by molar-refractivity contribution is 9.10. The fourth-order valence-electron chi connectivity index (χ4n) is 1.92. The van der Waals surface area contributed by atoms with Gasteiger partial charge in [-0.05, 0) is 59.6 Å². The van der Waals surface area contributed by atoms with Gasteiger partial charge in [0.2, 0.25) is 0 Å². The summed E-state index contributed by atoms with van der Waals surface area (Å²) in [7, 11) is -3.64. The molecule has 0 radical (unpaired) electrons. The first-order valence-corrected chi connectivity index (χ1v) is 8.22. The number of hydrogen-bond donors (Lipinski definition) is 2. The van der Waals surface area contributed by atoms with Crippen molar-refractivity contribution in [2.75, 3.05) is 10.5 Å². The summed E-state index contributed by atoms with van der Waals surface area (Å²) in [6, 6.07) is 10.2. The molecule has 3 N–H and O–H groups in total. The zero-order valence-electron chi connectivity index (χ0n) is 11.1. The van der Waals surface area contributed by atoms with E-state index in [1.54, 1.807) is 37.3 Å². The topological polar surface area (TPSA) is 72.2 Å². The Kier molecular flexibility index (Phi) is 4.06. The molecule has 0 fully saturated rings. The number of anilines is 2. The maximum absolute atomic E-state index is 12.4. The Morgan fingerprint density at radius 1 is 1.10 bits per heavy atom. The van der Waals surface area contributed by atoms with E-state index in [9.17, 15) is 8.42 Å². The van der Waals surface area contributed by atoms with Crippen molar-refractivity contribution in [3.05, 3.63) is 52.0 Å². The largest absolute Gasteiger partial charge is 0.399 e. The molecule has 0 spiro atoms. The van der Waals surface area contributed by atoms with Crippen molar-refractivity contribution < 1.29 is 8.42 Å². The van der Waals surface area contributed by atoms with E-state index in [1.807, 2.05) is 13.0 Å². The number of nitrogens with two attached hydrogens (primary N) is 1. The van der Waals surface area contributed by atoms with Gasteiger partial charge in [-0.15, -0.1) is 0 Å². The first-order valence-electron chi connectivity index (χ1n) is 5.95. The minimum atomic E-state index is -3.64. The Morgan fingerprint density at radius 3 is 2.45 bits per heavy atom. The second-order valence-electron chi connectivity index (χ2n) is 4.61. The quantitative estimate of drug-likeness (QED) is 0.829. The molecule has 0 saturated heterocycles. The Morgan fingerprint density at radius 2 is 1.80 bits per heavy atom. The van der Waals surface area contributed by atoms with Crippen LogP contribution in [0, 0.1) is 13.8 Å². The van der Waals surface area contributed by atoms with Crippen LogP contribution in [0.4, 0.5) is 11.4 Å². The second kappa shape index (κ2) is 5.46. The van der Waals surface area contributed by atoms with E-state index in [0.29, 0.717) is 21.4 Å². The van der Waals surface area contributed by atoms with E-state index in [2.05, 4.69) is 20.7 Å². The highest BCUT2D eigenvalue weighted by Crippen LogP contribution is 2.28. The van der Waals surface area contributed by atoms with Crippen LogP contribution in [0.1, 0.15) is 11.1 Å². The van der Waals surface area contributed by atoms with Crippen molar-refractivity contribution in [1.82, 2.24) is 0 Å². The molecular formula is C14H15BrN2O2S. The average Bonchev–Trinajstić information content (AvgIpc) is 2.33. The van der Waals surface area contributed by atoms with Gasteiger partial charge < -0.3 is 5.73 Å². The number of nitrogen functional groups attached to an aromatic ring is 1. The molecule has 0 aliphatic heterocycles. The summed E-state index contributed by atoms with van der Waals surface area (Å²) < 4.78 is 28.0. The van der Waals surface area contributed by atoms with Crippen LogP contribution in [-0.4, -0.2) is 8.42 Å². The van der Waals surface area contributed by atoms with E-state index in [4.69, 9.17) is 5.73 Å². The molecular weight excluding hydrogens is 340 g/mol. The highest BCUT2D eigenvalue weighted by Gasteiger charge is 2.18. The number of benzene rings is 2. The van der Waals surface area contributed by atoms with E-state index < -0.39 is 10.0 Å². The fraction of sp³-hybridized carbons (Fsp3) is 0.143. The van der Waals surface area contributed by atoms with E-state index >= 15 is 0 Å². The maximum Gasteiger partial charge on any atom is 0.262 e. The van der Waals surface area contributed by atoms with Crippen LogP contribution in [0.25, 0.3) is 0 Å². The van der Waals surface area contributed by atoms with Gasteiger partial charge in [0.15, 0.2) is 0 Å². The zero-order chi connectivity index (χ0) is 14.9. The highest BCUT2D eigenvalue weighted by atomic mass is 79.9. The second-order valence-corrected chi connectivity index (χ2v) is 7.12. The summed E-state index contributed by atoms with van der Waals surface area (Å²) in [5.74, 6) is 0. The number of nitrogens with one attached hydrogen (secondary N) is 1. The Balaban J connectivity index is 2.43. The van der Waals surface area contributed by atoms with Crippen molar-refractivity contribution in [1.29, 1.82) is 0 Å². The summed E-state index contributed by atoms with van der Waals surface area (Å²) in [5.41, 5.74) is 8.32. The molecule has 0 unspecified atom stereocenters. The van der Waals surface area contributed by atoms with Gasteiger partial charge in [-0.25, -0.2) is 8.42 Å². The van der Waals surface area contributed by atoms with E-state index in [-0.39, 0.29) is 4.90 Å². The zero-order valence-corrected chi connectivity index (χ0v) is 13.5. The predicted octanol–water partition coefficient (Wildman–Crippen LogP) is 3.45. The smallest absolute Gasteiger partial charge is 0.262 e. The van der Waals surface area contributed by atoms with Crippen molar-refractivity contribution in [2.24, 2.45) is 0 Å². The van der Waals surface area contributed by atoms with Gasteiger partial charge >= 0.3 is 0 Å². The third kappa shape index (κ3) is 3.13. The molecule has 4 nitrogen and oxygen atoms in total. The molecule has 0 heterocycles. The van der Waals surface area contributed by atoms with Crippen LogP contribution in [0.5, 0.6) is 0 Å². The van der Waals surface area contributed by atoms with Gasteiger partial charge in [0.25, 0.3) is 10.0 Å². The van der Waals surface area contributed by atoms with E-state index in [0.717, 1.165) is 5.56 Å². The summed E-state index contributed by atoms with van der Waals surface area (Å²) in [4.78, 5) is 0.262. The molecule has 20 heavy (non-hydrogen) atoms. The average molecular weight is 355 g/mol. The normalized spacial score (nSPS) is 11.3. The molecule has 106 valence electrons. The number of halogens is 1. The summed E-state index contributed by atoms with van der Waals surface area (Å²) in [6.07, 6.45) is 0. The number of hydrogen-bond acceptors (Lipinski definition) is 3. The van der Waals surface area contributed by atoms with E-state index in [1.165, 1.54) is 0 Å². The van der Waals surface area contributed by atoms with Crippen LogP contribution in [0.15, 0.2) is 45.8 Å². The lowest BCUT2D eigenvalue weighted by Gasteiger charge is -2.12. The number of sulfonamides is 1. The van der Waals surface area contributed by atoms with Crippen molar-refractivity contribution in [3.63, 3.8) is 0 Å². The number of rotatable bonds is 3. The van der Waals surface area contributed by atoms with Gasteiger partial charge in [0.05, 0.1) is 10.6 Å². The molecule has 0 aliphatic rings. The first-order chi connectivity index (χ1) is 9.29. The Bertz CT molecular complexity index is 758. The lowest BCUT2D eigenvalue weighted by Crippen LogP contribution is -2.14. The predicted molar refractivity (Wildman–Crippen MR) is 85.3 cm³/mol. The van der Waals surface area contributed by atoms with Crippen LogP contribution in [0.2, 0.25) is 0 Å². The minimum absolute atomic E-state index is 0.262. The molecule has 2 rings (SSSR count). The third-order valence-corrected chi connectivity index (χ3v) is 5.07. The molecule has 6 heteroatoms. The Labute approximate surface area is 127 Å². The summed E-state index contributed by atoms with van der Waals surface area (Å²) >= 11 is 3.30. The summed E-state index contributed by atoms with van der Waals surface area (Å²) in [6.45, 7) is 3.70. The number of aryl methyl sites for hydroxylation is 2. The lowest BCUT2D eigenvalue weighted by atomic mass is 10.2. The summed E-state index contributed by atoms with van der Waals surface area (Å²) in [5, 5.41) is 0. The molecule has 0 atom stereocenters. The van der Waals surface area contributed by atoms with Gasteiger partial charge in [-0.2, -0.15) is 0 Å². The molecule has 0 amide bonds. The van der Waals surface area contributed by atoms with Gasteiger partial charge in [0.1, 0.15) is 0 Å². The van der Waals surface area contributed by atoms with Gasteiger partial charge in [0, 0.05) is 10.2 Å². The molecule has 0 aliphatic carbocycles. The third-order valence-electron chi connectivity index (χ3n) is 2.85. The Hall–Kier alpha value is -1.53. The molecule has 0 aromatic heterocycles. The first kappa shape index (κ1) is 14.9. The van der Waals surface area contributed by atoms with Crippen LogP contribution < -0.4 is 10.5 Å². The van der Waals surface area contributed by atoms with Crippen molar-refractivity contribution in [3.8, 4) is 0 Å². The molecule has 2 aromatic carbocycles. The lowest BCUT2D eigenvalue weighted by molar-refractivity contribution is 0.600. The van der Waals surface area contributed by atoms with Crippen molar-refractivity contribution >= 4 is 37.3 Å². The molecule has 2 aromatic rings. The van der Waals surface area contributed by atoms with Crippen LogP contribution >= 0.6 is 15.9 Å². The van der Waals surface area contributed by atoms with Crippen molar-refractivity contribution in [2.45, 2.75) is 18.7 Å². The standard InChI is InChI=1S/C14H15BrN2O2S/c1-9-3-6-14(10(2)7-9)20(18,19)17-13-8-11(16)4-5-12(13)15/h3-8,17H,16H2,1-2H3. The monoisotopic (exact) mass is 354 g/mol. The fourth-order valence-corrected chi connectivity index (χ4v) is 3.70. The van der Waals surface area contributed by atoms with Gasteiger partial charge in [-0.1, -0.05) is 17.7 Å². The maximum atomic E-state index is 12.4. The molecule has 0 bridgehead atoms. The van der Waals surface area contributed by atoms with Crippen LogP contribution in [-0.2, 0) is 10.0 Å². The van der Waals surface area contributed by atoms with Gasteiger partial charge in [-0.3, -0.25) is 4.72 Å². The molecule has 0 saturated carbocycles. The minimum Gasteiger partial charge on any atom is -0.399 e.